The maximum atomic E-state index is 13.5. The van der Waals surface area contributed by atoms with Gasteiger partial charge in [-0.3, -0.25) is 9.59 Å². The smallest absolute Gasteiger partial charge is 0.266 e. The van der Waals surface area contributed by atoms with E-state index in [0.29, 0.717) is 41.6 Å². The number of nitrogens with zero attached hydrogens (tertiary/aromatic N) is 1. The van der Waals surface area contributed by atoms with Crippen LogP contribution in [0.3, 0.4) is 0 Å². The minimum Gasteiger partial charge on any atom is -0.381 e. The van der Waals surface area contributed by atoms with Crippen LogP contribution in [0.5, 0.6) is 0 Å². The molecule has 1 fully saturated rings. The average Bonchev–Trinajstić information content (AvgIpc) is 3.18. The largest absolute Gasteiger partial charge is 0.381 e. The molecule has 1 unspecified atom stereocenters. The van der Waals surface area contributed by atoms with Crippen molar-refractivity contribution in [3.63, 3.8) is 0 Å². The van der Waals surface area contributed by atoms with Crippen molar-refractivity contribution in [2.45, 2.75) is 37.2 Å². The standard InChI is InChI=1S/C21H29BrN4O6S/c1-2-3-9-31-10-4-7-24-21(28)17-13-26(8-11-32-17)33(29,30)19-15-12-14(22)5-6-16(15)25-18(19)20(23)27/h5-6,12,17,25H,2-4,7-11,13H2,1H3,(H2,23,27)(H,24,28). The molecule has 2 heterocycles. The number of fused-ring (bicyclic) bond motifs is 1. The van der Waals surface area contributed by atoms with Crippen molar-refractivity contribution in [1.29, 1.82) is 0 Å². The lowest BCUT2D eigenvalue weighted by atomic mass is 10.2. The van der Waals surface area contributed by atoms with Gasteiger partial charge in [0.25, 0.3) is 11.8 Å². The van der Waals surface area contributed by atoms with E-state index in [4.69, 9.17) is 15.2 Å². The molecule has 0 aliphatic carbocycles. The summed E-state index contributed by atoms with van der Waals surface area (Å²) in [6.45, 7) is 3.66. The Morgan fingerprint density at radius 1 is 1.33 bits per heavy atom. The number of nitrogens with one attached hydrogen (secondary N) is 2. The third kappa shape index (κ3) is 6.12. The van der Waals surface area contributed by atoms with Crippen molar-refractivity contribution in [3.05, 3.63) is 28.4 Å². The van der Waals surface area contributed by atoms with Crippen LogP contribution in [0.4, 0.5) is 0 Å². The van der Waals surface area contributed by atoms with Crippen molar-refractivity contribution >= 4 is 48.7 Å². The fourth-order valence-electron chi connectivity index (χ4n) is 3.56. The van der Waals surface area contributed by atoms with Gasteiger partial charge in [-0.15, -0.1) is 0 Å². The van der Waals surface area contributed by atoms with Crippen LogP contribution in [0, 0.1) is 0 Å². The van der Waals surface area contributed by atoms with Gasteiger partial charge in [0, 0.05) is 48.2 Å². The maximum absolute atomic E-state index is 13.5. The molecular weight excluding hydrogens is 516 g/mol. The van der Waals surface area contributed by atoms with Crippen LogP contribution >= 0.6 is 15.9 Å². The molecule has 2 amide bonds. The zero-order valence-electron chi connectivity index (χ0n) is 18.4. The quantitative estimate of drug-likeness (QED) is 0.367. The summed E-state index contributed by atoms with van der Waals surface area (Å²) in [4.78, 5) is 27.1. The van der Waals surface area contributed by atoms with E-state index in [1.807, 2.05) is 0 Å². The van der Waals surface area contributed by atoms with Gasteiger partial charge in [-0.05, 0) is 31.0 Å². The summed E-state index contributed by atoms with van der Waals surface area (Å²) in [6, 6.07) is 4.99. The number of aromatic amines is 1. The van der Waals surface area contributed by atoms with Gasteiger partial charge in [0.15, 0.2) is 0 Å². The molecule has 0 spiro atoms. The molecule has 3 rings (SSSR count). The molecule has 2 aromatic rings. The highest BCUT2D eigenvalue weighted by Gasteiger charge is 2.37. The summed E-state index contributed by atoms with van der Waals surface area (Å²) < 4.78 is 39.9. The number of primary amides is 1. The fourth-order valence-corrected chi connectivity index (χ4v) is 5.68. The second-order valence-electron chi connectivity index (χ2n) is 7.72. The van der Waals surface area contributed by atoms with E-state index in [-0.39, 0.29) is 36.2 Å². The van der Waals surface area contributed by atoms with Crippen LogP contribution in [0.1, 0.15) is 36.7 Å². The molecular formula is C21H29BrN4O6S. The topological polar surface area (TPSA) is 144 Å². The molecule has 12 heteroatoms. The predicted molar refractivity (Wildman–Crippen MR) is 126 cm³/mol. The Labute approximate surface area is 201 Å². The number of sulfonamides is 1. The number of benzene rings is 1. The zero-order chi connectivity index (χ0) is 24.0. The van der Waals surface area contributed by atoms with E-state index in [0.717, 1.165) is 17.1 Å². The number of rotatable bonds is 11. The first-order valence-electron chi connectivity index (χ1n) is 10.8. The van der Waals surface area contributed by atoms with Gasteiger partial charge < -0.3 is 25.5 Å². The van der Waals surface area contributed by atoms with Crippen molar-refractivity contribution in [1.82, 2.24) is 14.6 Å². The van der Waals surface area contributed by atoms with E-state index in [9.17, 15) is 18.0 Å². The highest BCUT2D eigenvalue weighted by molar-refractivity contribution is 9.10. The van der Waals surface area contributed by atoms with Gasteiger partial charge in [-0.25, -0.2) is 8.42 Å². The van der Waals surface area contributed by atoms with Crippen LogP contribution in [0.15, 0.2) is 27.6 Å². The lowest BCUT2D eigenvalue weighted by molar-refractivity contribution is -0.136. The summed E-state index contributed by atoms with van der Waals surface area (Å²) in [6.07, 6.45) is 1.75. The summed E-state index contributed by atoms with van der Waals surface area (Å²) in [5.74, 6) is -1.27. The van der Waals surface area contributed by atoms with Gasteiger partial charge in [0.05, 0.1) is 6.61 Å². The second-order valence-corrected chi connectivity index (χ2v) is 10.5. The molecule has 1 aliphatic rings. The first-order chi connectivity index (χ1) is 15.8. The molecule has 1 aliphatic heterocycles. The highest BCUT2D eigenvalue weighted by Crippen LogP contribution is 2.32. The number of unbranched alkanes of at least 4 members (excludes halogenated alkanes) is 1. The van der Waals surface area contributed by atoms with Gasteiger partial charge in [-0.1, -0.05) is 29.3 Å². The Morgan fingerprint density at radius 3 is 2.82 bits per heavy atom. The van der Waals surface area contributed by atoms with E-state index in [1.165, 1.54) is 0 Å². The van der Waals surface area contributed by atoms with Crippen LogP contribution in [-0.4, -0.2) is 75.1 Å². The lowest BCUT2D eigenvalue weighted by Gasteiger charge is -2.31. The van der Waals surface area contributed by atoms with E-state index < -0.39 is 22.0 Å². The molecule has 182 valence electrons. The molecule has 4 N–H and O–H groups in total. The number of H-pyrrole nitrogens is 1. The van der Waals surface area contributed by atoms with Gasteiger partial charge >= 0.3 is 0 Å². The van der Waals surface area contributed by atoms with E-state index in [2.05, 4.69) is 33.2 Å². The first kappa shape index (κ1) is 25.6. The molecule has 1 aromatic heterocycles. The summed E-state index contributed by atoms with van der Waals surface area (Å²) in [7, 11) is -4.14. The highest BCUT2D eigenvalue weighted by atomic mass is 79.9. The van der Waals surface area contributed by atoms with Crippen molar-refractivity contribution in [3.8, 4) is 0 Å². The number of hydrogen-bond donors (Lipinski definition) is 3. The second kappa shape index (κ2) is 11.4. The Kier molecular flexibility index (Phi) is 8.88. The van der Waals surface area contributed by atoms with Crippen LogP contribution in [0.2, 0.25) is 0 Å². The lowest BCUT2D eigenvalue weighted by Crippen LogP contribution is -2.51. The number of amides is 2. The number of hydrogen-bond acceptors (Lipinski definition) is 6. The minimum absolute atomic E-state index is 0.0510. The Hall–Kier alpha value is -1.99. The maximum Gasteiger partial charge on any atom is 0.266 e. The number of carbonyl (C=O) groups excluding carboxylic acids is 2. The number of aromatic nitrogens is 1. The normalized spacial score (nSPS) is 17.3. The van der Waals surface area contributed by atoms with Crippen LogP contribution < -0.4 is 11.1 Å². The molecule has 0 radical (unpaired) electrons. The van der Waals surface area contributed by atoms with Crippen LogP contribution in [0.25, 0.3) is 10.9 Å². The summed E-state index contributed by atoms with van der Waals surface area (Å²) in [5, 5.41) is 3.11. The Morgan fingerprint density at radius 2 is 2.09 bits per heavy atom. The van der Waals surface area contributed by atoms with Crippen LogP contribution in [-0.2, 0) is 24.3 Å². The summed E-state index contributed by atoms with van der Waals surface area (Å²) in [5.41, 5.74) is 5.73. The third-order valence-corrected chi connectivity index (χ3v) is 7.73. The Bertz CT molecular complexity index is 1100. The average molecular weight is 545 g/mol. The third-order valence-electron chi connectivity index (χ3n) is 5.29. The van der Waals surface area contributed by atoms with Crippen molar-refractivity contribution in [2.24, 2.45) is 5.73 Å². The SMILES string of the molecule is CCCCOCCCNC(=O)C1CN(S(=O)(=O)c2c(C(N)=O)[nH]c3ccc(Br)cc23)CCO1. The van der Waals surface area contributed by atoms with E-state index >= 15 is 0 Å². The number of ether oxygens (including phenoxy) is 2. The first-order valence-corrected chi connectivity index (χ1v) is 13.1. The number of nitrogens with two attached hydrogens (primary N) is 1. The van der Waals surface area contributed by atoms with Crippen molar-refractivity contribution in [2.75, 3.05) is 39.5 Å². The molecule has 33 heavy (non-hydrogen) atoms. The van der Waals surface area contributed by atoms with E-state index in [1.54, 1.807) is 18.2 Å². The predicted octanol–water partition coefficient (Wildman–Crippen LogP) is 1.74. The summed E-state index contributed by atoms with van der Waals surface area (Å²) >= 11 is 3.33. The van der Waals surface area contributed by atoms with Gasteiger partial charge in [-0.2, -0.15) is 4.31 Å². The molecule has 0 bridgehead atoms. The minimum atomic E-state index is -4.14. The monoisotopic (exact) mass is 544 g/mol. The molecule has 0 saturated carbocycles. The molecule has 1 atom stereocenters. The number of carbonyl (C=O) groups is 2. The Balaban J connectivity index is 1.71. The van der Waals surface area contributed by atoms with Gasteiger partial charge in [0.2, 0.25) is 10.0 Å². The van der Waals surface area contributed by atoms with Gasteiger partial charge in [0.1, 0.15) is 16.7 Å². The number of morpholine rings is 1. The zero-order valence-corrected chi connectivity index (χ0v) is 20.8. The molecule has 1 saturated heterocycles. The molecule has 10 nitrogen and oxygen atoms in total. The van der Waals surface area contributed by atoms with Crippen molar-refractivity contribution < 1.29 is 27.5 Å². The fraction of sp³-hybridized carbons (Fsp3) is 0.524. The molecule has 1 aromatic carbocycles. The number of halogens is 1.